The Kier molecular flexibility index (Phi) is 3.66. The predicted octanol–water partition coefficient (Wildman–Crippen LogP) is 3.62. The normalized spacial score (nSPS) is 30.7. The standard InChI is InChI=1S/C15H11Cl2FN2O2S/c16-8-5-9(18)11(12-10(8)19-15(17)23-12)20-13(21)6-3-1-2-4-7(6)14(20)22/h5,10,12H,1-4H2. The average Bonchev–Trinajstić information content (AvgIpc) is 3.02. The van der Waals surface area contributed by atoms with E-state index in [0.717, 1.165) is 35.6 Å². The summed E-state index contributed by atoms with van der Waals surface area (Å²) in [6.45, 7) is 0. The number of nitrogens with zero attached hydrogens (tertiary/aromatic N) is 2. The van der Waals surface area contributed by atoms with Gasteiger partial charge in [0, 0.05) is 16.2 Å². The van der Waals surface area contributed by atoms with Crippen LogP contribution in [0.2, 0.25) is 0 Å². The average molecular weight is 373 g/mol. The molecule has 23 heavy (non-hydrogen) atoms. The first-order valence-electron chi connectivity index (χ1n) is 7.26. The first kappa shape index (κ1) is 15.4. The number of carbonyl (C=O) groups excluding carboxylic acids is 2. The third-order valence-electron chi connectivity index (χ3n) is 4.44. The van der Waals surface area contributed by atoms with Gasteiger partial charge >= 0.3 is 0 Å². The Hall–Kier alpha value is -1.11. The maximum atomic E-state index is 14.6. The van der Waals surface area contributed by atoms with Gasteiger partial charge in [-0.15, -0.1) is 0 Å². The molecule has 0 saturated carbocycles. The molecule has 2 amide bonds. The minimum Gasteiger partial charge on any atom is -0.269 e. The van der Waals surface area contributed by atoms with Crippen molar-refractivity contribution in [1.82, 2.24) is 4.90 Å². The second kappa shape index (κ2) is 5.46. The number of hydrogen-bond donors (Lipinski definition) is 0. The molecule has 0 bridgehead atoms. The van der Waals surface area contributed by atoms with Crippen molar-refractivity contribution in [1.29, 1.82) is 0 Å². The molecule has 0 aromatic heterocycles. The fourth-order valence-corrected chi connectivity index (χ4v) is 5.19. The summed E-state index contributed by atoms with van der Waals surface area (Å²) in [5, 5.41) is -0.370. The lowest BCUT2D eigenvalue weighted by atomic mass is 9.93. The smallest absolute Gasteiger partial charge is 0.261 e. The Morgan fingerprint density at radius 1 is 1.17 bits per heavy atom. The number of aliphatic imine (C=N–C) groups is 1. The Morgan fingerprint density at radius 2 is 1.78 bits per heavy atom. The third kappa shape index (κ3) is 2.22. The van der Waals surface area contributed by atoms with Gasteiger partial charge in [0.2, 0.25) is 0 Å². The van der Waals surface area contributed by atoms with Crippen molar-refractivity contribution in [3.05, 3.63) is 33.8 Å². The molecule has 0 aromatic carbocycles. The molecule has 4 rings (SSSR count). The molecule has 2 heterocycles. The summed E-state index contributed by atoms with van der Waals surface area (Å²) in [7, 11) is 0. The maximum absolute atomic E-state index is 14.6. The molecule has 4 nitrogen and oxygen atoms in total. The maximum Gasteiger partial charge on any atom is 0.261 e. The summed E-state index contributed by atoms with van der Waals surface area (Å²) in [6.07, 6.45) is 4.00. The number of fused-ring (bicyclic) bond motifs is 1. The van der Waals surface area contributed by atoms with Gasteiger partial charge in [0.25, 0.3) is 11.8 Å². The van der Waals surface area contributed by atoms with Crippen molar-refractivity contribution in [3.63, 3.8) is 0 Å². The molecule has 120 valence electrons. The number of allylic oxidation sites excluding steroid dienone is 2. The zero-order valence-corrected chi connectivity index (χ0v) is 14.1. The van der Waals surface area contributed by atoms with E-state index in [1.54, 1.807) is 0 Å². The van der Waals surface area contributed by atoms with Crippen LogP contribution in [0, 0.1) is 0 Å². The van der Waals surface area contributed by atoms with Crippen LogP contribution in [0.3, 0.4) is 0 Å². The van der Waals surface area contributed by atoms with Crippen LogP contribution in [0.25, 0.3) is 0 Å². The topological polar surface area (TPSA) is 49.7 Å². The van der Waals surface area contributed by atoms with Gasteiger partial charge in [-0.05, 0) is 31.8 Å². The molecular formula is C15H11Cl2FN2O2S. The van der Waals surface area contributed by atoms with Gasteiger partial charge in [-0.2, -0.15) is 0 Å². The summed E-state index contributed by atoms with van der Waals surface area (Å²) in [5.41, 5.74) is 1.07. The quantitative estimate of drug-likeness (QED) is 0.660. The molecule has 2 aliphatic carbocycles. The van der Waals surface area contributed by atoms with Crippen LogP contribution in [0.15, 0.2) is 38.8 Å². The number of rotatable bonds is 1. The van der Waals surface area contributed by atoms with Gasteiger partial charge < -0.3 is 0 Å². The van der Waals surface area contributed by atoms with E-state index < -0.39 is 28.9 Å². The van der Waals surface area contributed by atoms with Crippen LogP contribution in [0.4, 0.5) is 4.39 Å². The van der Waals surface area contributed by atoms with Gasteiger partial charge in [-0.1, -0.05) is 35.0 Å². The van der Waals surface area contributed by atoms with Crippen LogP contribution >= 0.6 is 35.0 Å². The molecule has 2 atom stereocenters. The molecule has 0 aromatic rings. The molecular weight excluding hydrogens is 362 g/mol. The zero-order valence-electron chi connectivity index (χ0n) is 11.8. The van der Waals surface area contributed by atoms with Gasteiger partial charge in [0.05, 0.1) is 10.9 Å². The monoisotopic (exact) mass is 372 g/mol. The van der Waals surface area contributed by atoms with E-state index in [-0.39, 0.29) is 15.2 Å². The summed E-state index contributed by atoms with van der Waals surface area (Å²) in [4.78, 5) is 30.5. The van der Waals surface area contributed by atoms with E-state index in [4.69, 9.17) is 23.2 Å². The largest absolute Gasteiger partial charge is 0.269 e. The molecule has 2 aliphatic heterocycles. The van der Waals surface area contributed by atoms with Crippen LogP contribution in [0.1, 0.15) is 25.7 Å². The van der Waals surface area contributed by atoms with Crippen LogP contribution in [0.5, 0.6) is 0 Å². The minimum atomic E-state index is -0.674. The highest BCUT2D eigenvalue weighted by atomic mass is 35.5. The van der Waals surface area contributed by atoms with E-state index in [9.17, 15) is 14.0 Å². The Balaban J connectivity index is 1.77. The highest BCUT2D eigenvalue weighted by Gasteiger charge is 2.48. The van der Waals surface area contributed by atoms with Crippen LogP contribution in [-0.4, -0.2) is 32.5 Å². The predicted molar refractivity (Wildman–Crippen MR) is 87.9 cm³/mol. The fourth-order valence-electron chi connectivity index (χ4n) is 3.40. The van der Waals surface area contributed by atoms with Gasteiger partial charge in [0.15, 0.2) is 4.50 Å². The van der Waals surface area contributed by atoms with Crippen molar-refractivity contribution in [2.45, 2.75) is 37.0 Å². The van der Waals surface area contributed by atoms with E-state index in [1.165, 1.54) is 0 Å². The number of amides is 2. The second-order valence-corrected chi connectivity index (χ2v) is 7.89. The van der Waals surface area contributed by atoms with Crippen molar-refractivity contribution in [3.8, 4) is 0 Å². The number of imide groups is 1. The van der Waals surface area contributed by atoms with Crippen molar-refractivity contribution < 1.29 is 14.0 Å². The van der Waals surface area contributed by atoms with Crippen LogP contribution < -0.4 is 0 Å². The molecule has 0 spiro atoms. The fraction of sp³-hybridized carbons (Fsp3) is 0.400. The van der Waals surface area contributed by atoms with Crippen molar-refractivity contribution >= 4 is 51.3 Å². The summed E-state index contributed by atoms with van der Waals surface area (Å²) < 4.78 is 14.8. The summed E-state index contributed by atoms with van der Waals surface area (Å²) >= 11 is 13.1. The summed E-state index contributed by atoms with van der Waals surface area (Å²) in [6, 6.07) is -0.554. The van der Waals surface area contributed by atoms with Gasteiger partial charge in [0.1, 0.15) is 11.9 Å². The third-order valence-corrected chi connectivity index (χ3v) is 6.18. The number of carbonyl (C=O) groups is 2. The second-order valence-electron chi connectivity index (χ2n) is 5.74. The number of halogens is 3. The Bertz CT molecular complexity index is 743. The molecule has 0 N–H and O–H groups in total. The highest BCUT2D eigenvalue weighted by Crippen LogP contribution is 2.46. The highest BCUT2D eigenvalue weighted by molar-refractivity contribution is 8.17. The zero-order chi connectivity index (χ0) is 16.3. The first-order chi connectivity index (χ1) is 11.0. The minimum absolute atomic E-state index is 0.0215. The number of thioether (sulfide) groups is 1. The molecule has 8 heteroatoms. The molecule has 4 aliphatic rings. The lowest BCUT2D eigenvalue weighted by Gasteiger charge is -2.29. The number of hydrogen-bond acceptors (Lipinski definition) is 4. The lowest BCUT2D eigenvalue weighted by Crippen LogP contribution is -2.40. The molecule has 0 radical (unpaired) electrons. The van der Waals surface area contributed by atoms with E-state index in [1.807, 2.05) is 0 Å². The SMILES string of the molecule is O=C1C2=C(CCCC2)C(=O)N1C1=C(F)C=C(Cl)C2N=C(Cl)SC12. The lowest BCUT2D eigenvalue weighted by molar-refractivity contribution is -0.135. The van der Waals surface area contributed by atoms with E-state index >= 15 is 0 Å². The van der Waals surface area contributed by atoms with Gasteiger partial charge in [-0.25, -0.2) is 9.29 Å². The van der Waals surface area contributed by atoms with Crippen molar-refractivity contribution in [2.24, 2.45) is 4.99 Å². The Morgan fingerprint density at radius 3 is 2.39 bits per heavy atom. The summed E-state index contributed by atoms with van der Waals surface area (Å²) in [5.74, 6) is -1.50. The van der Waals surface area contributed by atoms with Crippen LogP contribution in [-0.2, 0) is 9.59 Å². The van der Waals surface area contributed by atoms with Gasteiger partial charge in [-0.3, -0.25) is 14.6 Å². The van der Waals surface area contributed by atoms with Crippen molar-refractivity contribution in [2.75, 3.05) is 0 Å². The first-order valence-corrected chi connectivity index (χ1v) is 8.90. The Labute approximate surface area is 146 Å². The molecule has 0 fully saturated rings. The van der Waals surface area contributed by atoms with E-state index in [2.05, 4.69) is 4.99 Å². The molecule has 2 unspecified atom stereocenters. The molecule has 0 saturated heterocycles. The van der Waals surface area contributed by atoms with E-state index in [0.29, 0.717) is 24.0 Å².